The second kappa shape index (κ2) is 8.06. The molecule has 3 nitrogen and oxygen atoms in total. The third kappa shape index (κ3) is 4.94. The molecule has 0 spiro atoms. The molecule has 1 aromatic heterocycles. The molecule has 2 atom stereocenters. The molecule has 2 unspecified atom stereocenters. The van der Waals surface area contributed by atoms with E-state index in [1.54, 1.807) is 11.3 Å². The molecular weight excluding hydrogens is 250 g/mol. The molecule has 5 heteroatoms. The molecule has 1 N–H and O–H groups in total. The average Bonchev–Trinajstić information content (AvgIpc) is 2.72. The highest BCUT2D eigenvalue weighted by Gasteiger charge is 2.21. The van der Waals surface area contributed by atoms with Crippen LogP contribution >= 0.6 is 23.1 Å². The first-order valence-corrected chi connectivity index (χ1v) is 8.10. The smallest absolute Gasteiger partial charge is 0.174 e. The van der Waals surface area contributed by atoms with E-state index in [1.807, 2.05) is 18.7 Å². The van der Waals surface area contributed by atoms with Gasteiger partial charge >= 0.3 is 0 Å². The first-order valence-electron chi connectivity index (χ1n) is 6.41. The van der Waals surface area contributed by atoms with Crippen molar-refractivity contribution in [1.29, 1.82) is 0 Å². The maximum atomic E-state index is 4.21. The van der Waals surface area contributed by atoms with Gasteiger partial charge in [-0.1, -0.05) is 50.3 Å². The molecule has 0 bridgehead atoms. The Morgan fingerprint density at radius 3 is 2.53 bits per heavy atom. The largest absolute Gasteiger partial charge is 0.313 e. The summed E-state index contributed by atoms with van der Waals surface area (Å²) >= 11 is 3.58. The molecular formula is C12H23N3S2. The van der Waals surface area contributed by atoms with Crippen LogP contribution in [0.1, 0.15) is 45.0 Å². The number of aryl methyl sites for hydroxylation is 1. The summed E-state index contributed by atoms with van der Waals surface area (Å²) < 4.78 is 1.10. The van der Waals surface area contributed by atoms with Gasteiger partial charge in [0.2, 0.25) is 0 Å². The molecule has 1 heterocycles. The van der Waals surface area contributed by atoms with Crippen LogP contribution in [-0.4, -0.2) is 28.0 Å². The van der Waals surface area contributed by atoms with Crippen molar-refractivity contribution in [2.45, 2.75) is 62.6 Å². The molecule has 98 valence electrons. The van der Waals surface area contributed by atoms with E-state index in [0.29, 0.717) is 11.3 Å². The van der Waals surface area contributed by atoms with Crippen LogP contribution in [0.4, 0.5) is 0 Å². The molecule has 0 aliphatic rings. The van der Waals surface area contributed by atoms with Gasteiger partial charge in [0.25, 0.3) is 0 Å². The van der Waals surface area contributed by atoms with Crippen molar-refractivity contribution in [3.05, 3.63) is 5.01 Å². The molecule has 17 heavy (non-hydrogen) atoms. The predicted octanol–water partition coefficient (Wildman–Crippen LogP) is 3.50. The van der Waals surface area contributed by atoms with Crippen LogP contribution in [0.5, 0.6) is 0 Å². The molecule has 0 saturated carbocycles. The van der Waals surface area contributed by atoms with Gasteiger partial charge in [-0.05, 0) is 26.3 Å². The summed E-state index contributed by atoms with van der Waals surface area (Å²) in [7, 11) is 0. The van der Waals surface area contributed by atoms with Crippen molar-refractivity contribution in [2.75, 3.05) is 6.54 Å². The third-order valence-electron chi connectivity index (χ3n) is 2.68. The summed E-state index contributed by atoms with van der Waals surface area (Å²) in [5.74, 6) is 0. The Balaban J connectivity index is 2.61. The molecule has 1 rings (SSSR count). The molecule has 0 aromatic carbocycles. The summed E-state index contributed by atoms with van der Waals surface area (Å²) in [5, 5.41) is 13.5. The average molecular weight is 273 g/mol. The minimum absolute atomic E-state index is 0.587. The molecule has 0 aliphatic carbocycles. The summed E-state index contributed by atoms with van der Waals surface area (Å²) in [4.78, 5) is 0. The van der Waals surface area contributed by atoms with E-state index in [1.165, 1.54) is 19.3 Å². The van der Waals surface area contributed by atoms with Crippen LogP contribution in [0, 0.1) is 6.92 Å². The van der Waals surface area contributed by atoms with E-state index >= 15 is 0 Å². The normalized spacial score (nSPS) is 14.8. The first-order chi connectivity index (χ1) is 8.21. The fourth-order valence-corrected chi connectivity index (χ4v) is 4.15. The van der Waals surface area contributed by atoms with E-state index in [-0.39, 0.29) is 0 Å². The monoisotopic (exact) mass is 273 g/mol. The van der Waals surface area contributed by atoms with Crippen LogP contribution < -0.4 is 5.32 Å². The van der Waals surface area contributed by atoms with Gasteiger partial charge in [0.1, 0.15) is 5.01 Å². The van der Waals surface area contributed by atoms with Crippen molar-refractivity contribution < 1.29 is 0 Å². The fraction of sp³-hybridized carbons (Fsp3) is 0.833. The van der Waals surface area contributed by atoms with E-state index in [2.05, 4.69) is 36.3 Å². The number of thioether (sulfide) groups is 1. The lowest BCUT2D eigenvalue weighted by Crippen LogP contribution is -2.37. The Morgan fingerprint density at radius 2 is 2.06 bits per heavy atom. The van der Waals surface area contributed by atoms with Gasteiger partial charge in [-0.25, -0.2) is 0 Å². The van der Waals surface area contributed by atoms with Crippen molar-refractivity contribution in [1.82, 2.24) is 15.5 Å². The number of hydrogen-bond acceptors (Lipinski definition) is 5. The Morgan fingerprint density at radius 1 is 1.29 bits per heavy atom. The van der Waals surface area contributed by atoms with Crippen molar-refractivity contribution >= 4 is 23.1 Å². The summed E-state index contributed by atoms with van der Waals surface area (Å²) in [6.45, 7) is 9.73. The molecule has 0 amide bonds. The van der Waals surface area contributed by atoms with E-state index in [0.717, 1.165) is 15.9 Å². The number of nitrogens with zero attached hydrogens (tertiary/aromatic N) is 2. The summed E-state index contributed by atoms with van der Waals surface area (Å²) in [6.07, 6.45) is 3.63. The zero-order valence-corrected chi connectivity index (χ0v) is 12.8. The second-order valence-electron chi connectivity index (χ2n) is 4.10. The van der Waals surface area contributed by atoms with Crippen LogP contribution in [0.3, 0.4) is 0 Å². The van der Waals surface area contributed by atoms with Crippen LogP contribution in [0.25, 0.3) is 0 Å². The maximum absolute atomic E-state index is 4.21. The fourth-order valence-electron chi connectivity index (χ4n) is 1.90. The Bertz CT molecular complexity index is 308. The highest BCUT2D eigenvalue weighted by molar-refractivity contribution is 8.01. The van der Waals surface area contributed by atoms with Gasteiger partial charge in [0.15, 0.2) is 4.34 Å². The van der Waals surface area contributed by atoms with Gasteiger partial charge < -0.3 is 5.32 Å². The summed E-state index contributed by atoms with van der Waals surface area (Å²) in [5.41, 5.74) is 0. The van der Waals surface area contributed by atoms with Crippen LogP contribution in [0.15, 0.2) is 4.34 Å². The van der Waals surface area contributed by atoms with Crippen LogP contribution in [0.2, 0.25) is 0 Å². The molecule has 0 radical (unpaired) electrons. The lowest BCUT2D eigenvalue weighted by atomic mass is 10.1. The van der Waals surface area contributed by atoms with Gasteiger partial charge in [-0.15, -0.1) is 10.2 Å². The lowest BCUT2D eigenvalue weighted by Gasteiger charge is -2.25. The van der Waals surface area contributed by atoms with E-state index in [9.17, 15) is 0 Å². The molecule has 1 aromatic rings. The van der Waals surface area contributed by atoms with Gasteiger partial charge in [0, 0.05) is 11.3 Å². The maximum Gasteiger partial charge on any atom is 0.174 e. The minimum Gasteiger partial charge on any atom is -0.313 e. The predicted molar refractivity (Wildman–Crippen MR) is 77.0 cm³/mol. The van der Waals surface area contributed by atoms with E-state index in [4.69, 9.17) is 0 Å². The number of rotatable bonds is 8. The SMILES string of the molecule is CCCC(NCC)C(CC)Sc1nnc(C)s1. The van der Waals surface area contributed by atoms with Gasteiger partial charge in [0.05, 0.1) is 0 Å². The Kier molecular flexibility index (Phi) is 7.08. The minimum atomic E-state index is 0.587. The topological polar surface area (TPSA) is 37.8 Å². The number of hydrogen-bond donors (Lipinski definition) is 1. The number of aromatic nitrogens is 2. The standard InChI is InChI=1S/C12H23N3S2/c1-5-8-10(13-7-3)11(6-2)17-12-15-14-9(4)16-12/h10-11,13H,5-8H2,1-4H3. The van der Waals surface area contributed by atoms with Crippen LogP contribution in [-0.2, 0) is 0 Å². The van der Waals surface area contributed by atoms with Gasteiger partial charge in [-0.2, -0.15) is 0 Å². The van der Waals surface area contributed by atoms with E-state index < -0.39 is 0 Å². The van der Waals surface area contributed by atoms with Crippen molar-refractivity contribution in [3.63, 3.8) is 0 Å². The Labute approximate surface area is 113 Å². The highest BCUT2D eigenvalue weighted by atomic mass is 32.2. The van der Waals surface area contributed by atoms with Gasteiger partial charge in [-0.3, -0.25) is 0 Å². The third-order valence-corrected chi connectivity index (χ3v) is 5.10. The van der Waals surface area contributed by atoms with Crippen molar-refractivity contribution in [3.8, 4) is 0 Å². The lowest BCUT2D eigenvalue weighted by molar-refractivity contribution is 0.465. The van der Waals surface area contributed by atoms with Crippen molar-refractivity contribution in [2.24, 2.45) is 0 Å². The zero-order chi connectivity index (χ0) is 12.7. The Hall–Kier alpha value is -0.130. The highest BCUT2D eigenvalue weighted by Crippen LogP contribution is 2.31. The molecule has 0 saturated heterocycles. The number of nitrogens with one attached hydrogen (secondary N) is 1. The molecule has 0 fully saturated rings. The first kappa shape index (κ1) is 14.9. The second-order valence-corrected chi connectivity index (χ2v) is 6.77. The molecule has 0 aliphatic heterocycles. The summed E-state index contributed by atoms with van der Waals surface area (Å²) in [6, 6.07) is 0.587. The zero-order valence-electron chi connectivity index (χ0n) is 11.2. The quantitative estimate of drug-likeness (QED) is 0.736.